The van der Waals surface area contributed by atoms with Crippen molar-refractivity contribution in [2.45, 2.75) is 0 Å². The maximum absolute atomic E-state index is 11.6. The van der Waals surface area contributed by atoms with Crippen molar-refractivity contribution in [1.82, 2.24) is 39.3 Å². The van der Waals surface area contributed by atoms with Crippen molar-refractivity contribution in [3.8, 4) is 0 Å². The molecule has 4 aromatic heterocycles. The van der Waals surface area contributed by atoms with Gasteiger partial charge in [-0.15, -0.1) is 0 Å². The van der Waals surface area contributed by atoms with Crippen molar-refractivity contribution in [3.63, 3.8) is 0 Å². The fourth-order valence-corrected chi connectivity index (χ4v) is 2.09. The Bertz CT molecular complexity index is 1040. The normalized spacial score (nSPS) is 11.4. The number of hydrogen-bond donors (Lipinski definition) is 3. The Morgan fingerprint density at radius 2 is 1.76 bits per heavy atom. The number of nitrogens with zero attached hydrogens (tertiary/aromatic N) is 7. The molecule has 0 amide bonds. The molecule has 0 radical (unpaired) electrons. The summed E-state index contributed by atoms with van der Waals surface area (Å²) in [5.41, 5.74) is 12.4. The summed E-state index contributed by atoms with van der Waals surface area (Å²) >= 11 is 0. The van der Waals surface area contributed by atoms with Crippen LogP contribution in [-0.2, 0) is 0 Å². The fourth-order valence-electron chi connectivity index (χ4n) is 2.09. The monoisotopic (exact) mass is 284 g/mol. The molecule has 0 aromatic carbocycles. The summed E-state index contributed by atoms with van der Waals surface area (Å²) in [6, 6.07) is 0. The van der Waals surface area contributed by atoms with Crippen molar-refractivity contribution < 1.29 is 0 Å². The maximum Gasteiger partial charge on any atom is 0.300 e. The van der Waals surface area contributed by atoms with E-state index in [-0.39, 0.29) is 17.3 Å². The van der Waals surface area contributed by atoms with E-state index in [0.29, 0.717) is 16.8 Å². The molecule has 11 nitrogen and oxygen atoms in total. The molecular weight excluding hydrogens is 276 g/mol. The van der Waals surface area contributed by atoms with Gasteiger partial charge in [0, 0.05) is 0 Å². The van der Waals surface area contributed by atoms with E-state index in [1.54, 1.807) is 9.35 Å². The van der Waals surface area contributed by atoms with Gasteiger partial charge in [-0.1, -0.05) is 0 Å². The highest BCUT2D eigenvalue weighted by atomic mass is 16.1. The predicted octanol–water partition coefficient (Wildman–Crippen LogP) is -1.26. The van der Waals surface area contributed by atoms with Crippen LogP contribution in [0, 0.1) is 0 Å². The number of nitrogens with one attached hydrogen (secondary N) is 1. The van der Waals surface area contributed by atoms with E-state index in [2.05, 4.69) is 29.9 Å². The molecule has 4 heterocycles. The Morgan fingerprint density at radius 1 is 1.00 bits per heavy atom. The molecule has 0 aliphatic carbocycles. The summed E-state index contributed by atoms with van der Waals surface area (Å²) in [5, 5.41) is 0. The molecule has 4 rings (SSSR count). The number of hydrogen-bond acceptors (Lipinski definition) is 8. The number of nitrogen functional groups attached to an aromatic ring is 2. The Hall–Kier alpha value is -3.50. The Labute approximate surface area is 115 Å². The molecule has 104 valence electrons. The van der Waals surface area contributed by atoms with E-state index < -0.39 is 5.56 Å². The van der Waals surface area contributed by atoms with E-state index >= 15 is 0 Å². The standard InChI is InChI=1S/C10H8N10O/c11-6-4-8(18-10(12)17-6)20(2-15-4)19-3-16-5-7(19)13-1-14-9(5)21/h1-3H,(H,13,14,21)(H4,11,12,17,18). The molecule has 0 unspecified atom stereocenters. The molecule has 0 saturated heterocycles. The number of fused-ring (bicyclic) bond motifs is 2. The summed E-state index contributed by atoms with van der Waals surface area (Å²) in [7, 11) is 0. The van der Waals surface area contributed by atoms with E-state index in [1.165, 1.54) is 19.0 Å². The van der Waals surface area contributed by atoms with Gasteiger partial charge in [-0.3, -0.25) is 4.79 Å². The first kappa shape index (κ1) is 11.3. The van der Waals surface area contributed by atoms with Gasteiger partial charge in [0.1, 0.15) is 12.7 Å². The van der Waals surface area contributed by atoms with Crippen LogP contribution in [-0.4, -0.2) is 39.3 Å². The number of rotatable bonds is 1. The van der Waals surface area contributed by atoms with Crippen LogP contribution in [0.1, 0.15) is 0 Å². The minimum Gasteiger partial charge on any atom is -0.382 e. The average Bonchev–Trinajstić information content (AvgIpc) is 3.03. The molecule has 11 heteroatoms. The molecule has 21 heavy (non-hydrogen) atoms. The van der Waals surface area contributed by atoms with Gasteiger partial charge < -0.3 is 16.5 Å². The van der Waals surface area contributed by atoms with Crippen LogP contribution in [0.5, 0.6) is 0 Å². The first-order valence-electron chi connectivity index (χ1n) is 5.82. The van der Waals surface area contributed by atoms with Crippen LogP contribution < -0.4 is 17.0 Å². The summed E-state index contributed by atoms with van der Waals surface area (Å²) in [4.78, 5) is 34.2. The quantitative estimate of drug-likeness (QED) is 0.390. The number of aromatic amines is 1. The van der Waals surface area contributed by atoms with Gasteiger partial charge >= 0.3 is 5.56 Å². The van der Waals surface area contributed by atoms with Gasteiger partial charge in [0.25, 0.3) is 0 Å². The lowest BCUT2D eigenvalue weighted by Gasteiger charge is -2.05. The fraction of sp³-hybridized carbons (Fsp3) is 0. The maximum atomic E-state index is 11.6. The molecule has 0 atom stereocenters. The number of nitrogens with two attached hydrogens (primary N) is 2. The average molecular weight is 284 g/mol. The lowest BCUT2D eigenvalue weighted by atomic mass is 10.5. The molecular formula is C10H8N10O. The summed E-state index contributed by atoms with van der Waals surface area (Å²) < 4.78 is 3.11. The number of H-pyrrole nitrogens is 1. The molecule has 0 aliphatic rings. The van der Waals surface area contributed by atoms with Crippen molar-refractivity contribution in [2.75, 3.05) is 11.5 Å². The molecule has 0 spiro atoms. The van der Waals surface area contributed by atoms with Crippen LogP contribution in [0.2, 0.25) is 0 Å². The van der Waals surface area contributed by atoms with Gasteiger partial charge in [-0.25, -0.2) is 19.3 Å². The number of aromatic nitrogens is 8. The largest absolute Gasteiger partial charge is 0.382 e. The molecule has 4 aromatic rings. The third kappa shape index (κ3) is 1.47. The van der Waals surface area contributed by atoms with Crippen LogP contribution >= 0.6 is 0 Å². The highest BCUT2D eigenvalue weighted by Crippen LogP contribution is 2.18. The van der Waals surface area contributed by atoms with E-state index in [1.807, 2.05) is 0 Å². The molecule has 0 bridgehead atoms. The van der Waals surface area contributed by atoms with E-state index in [0.717, 1.165) is 0 Å². The van der Waals surface area contributed by atoms with Crippen LogP contribution in [0.4, 0.5) is 11.8 Å². The minimum absolute atomic E-state index is 0.0290. The SMILES string of the molecule is Nc1nc(N)c2ncn(-n3cnc4c(=O)nc[nH]c43)c2n1. The molecule has 0 saturated carbocycles. The van der Waals surface area contributed by atoms with Crippen LogP contribution in [0.15, 0.2) is 23.8 Å². The van der Waals surface area contributed by atoms with E-state index in [4.69, 9.17) is 11.5 Å². The smallest absolute Gasteiger partial charge is 0.300 e. The Morgan fingerprint density at radius 3 is 2.62 bits per heavy atom. The van der Waals surface area contributed by atoms with Crippen LogP contribution in [0.3, 0.4) is 0 Å². The second kappa shape index (κ2) is 3.75. The van der Waals surface area contributed by atoms with Crippen molar-refractivity contribution in [1.29, 1.82) is 0 Å². The Balaban J connectivity index is 2.10. The molecule has 0 fully saturated rings. The van der Waals surface area contributed by atoms with Gasteiger partial charge in [-0.05, 0) is 0 Å². The number of anilines is 2. The first-order chi connectivity index (χ1) is 10.1. The highest BCUT2D eigenvalue weighted by molar-refractivity contribution is 5.83. The summed E-state index contributed by atoms with van der Waals surface area (Å²) in [5.74, 6) is 0.206. The second-order valence-corrected chi connectivity index (χ2v) is 4.22. The predicted molar refractivity (Wildman–Crippen MR) is 73.1 cm³/mol. The first-order valence-corrected chi connectivity index (χ1v) is 5.82. The minimum atomic E-state index is -0.430. The lowest BCUT2D eigenvalue weighted by molar-refractivity contribution is 0.687. The van der Waals surface area contributed by atoms with Gasteiger partial charge in [0.05, 0.1) is 6.33 Å². The molecule has 5 N–H and O–H groups in total. The van der Waals surface area contributed by atoms with Crippen molar-refractivity contribution in [2.24, 2.45) is 0 Å². The summed E-state index contributed by atoms with van der Waals surface area (Å²) in [6.45, 7) is 0. The highest BCUT2D eigenvalue weighted by Gasteiger charge is 2.14. The van der Waals surface area contributed by atoms with Crippen molar-refractivity contribution >= 4 is 34.1 Å². The Kier molecular flexibility index (Phi) is 2.03. The van der Waals surface area contributed by atoms with Crippen molar-refractivity contribution in [3.05, 3.63) is 29.3 Å². The number of imidazole rings is 2. The topological polar surface area (TPSA) is 159 Å². The van der Waals surface area contributed by atoms with Gasteiger partial charge in [-0.2, -0.15) is 15.0 Å². The summed E-state index contributed by atoms with van der Waals surface area (Å²) in [6.07, 6.45) is 4.22. The second-order valence-electron chi connectivity index (χ2n) is 4.22. The van der Waals surface area contributed by atoms with Gasteiger partial charge in [0.2, 0.25) is 5.95 Å². The zero-order valence-electron chi connectivity index (χ0n) is 10.4. The lowest BCUT2D eigenvalue weighted by Crippen LogP contribution is -2.12. The van der Waals surface area contributed by atoms with Gasteiger partial charge in [0.15, 0.2) is 28.1 Å². The van der Waals surface area contributed by atoms with Crippen LogP contribution in [0.25, 0.3) is 22.3 Å². The van der Waals surface area contributed by atoms with E-state index in [9.17, 15) is 4.79 Å². The zero-order chi connectivity index (χ0) is 14.6. The zero-order valence-corrected chi connectivity index (χ0v) is 10.4. The molecule has 0 aliphatic heterocycles. The third-order valence-electron chi connectivity index (χ3n) is 2.99. The third-order valence-corrected chi connectivity index (χ3v) is 2.99.